The Morgan fingerprint density at radius 3 is 2.55 bits per heavy atom. The zero-order valence-electron chi connectivity index (χ0n) is 12.3. The predicted octanol–water partition coefficient (Wildman–Crippen LogP) is 3.16. The normalized spacial score (nSPS) is 12.7. The molecule has 108 valence electrons. The molecular weight excluding hydrogens is 252 g/mol. The molecule has 0 aliphatic carbocycles. The molecule has 0 aliphatic rings. The number of ether oxygens (including phenoxy) is 1. The van der Waals surface area contributed by atoms with E-state index in [1.54, 1.807) is 12.5 Å². The van der Waals surface area contributed by atoms with Crippen molar-refractivity contribution in [1.82, 2.24) is 9.55 Å². The van der Waals surface area contributed by atoms with Crippen LogP contribution in [0.15, 0.2) is 36.8 Å². The molecule has 2 aromatic rings. The summed E-state index contributed by atoms with van der Waals surface area (Å²) < 4.78 is 7.59. The third kappa shape index (κ3) is 3.39. The minimum absolute atomic E-state index is 0.150. The van der Waals surface area contributed by atoms with Gasteiger partial charge in [-0.25, -0.2) is 4.98 Å². The fraction of sp³-hybridized carbons (Fsp3) is 0.438. The minimum atomic E-state index is -0.655. The van der Waals surface area contributed by atoms with Crippen LogP contribution in [-0.2, 0) is 6.54 Å². The molecule has 1 N–H and O–H groups in total. The number of aliphatic hydroxyl groups is 1. The molecule has 0 spiro atoms. The lowest BCUT2D eigenvalue weighted by Crippen LogP contribution is -2.09. The molecule has 0 saturated carbocycles. The second kappa shape index (κ2) is 6.57. The Balaban J connectivity index is 2.16. The van der Waals surface area contributed by atoms with Crippen LogP contribution in [0.1, 0.15) is 44.6 Å². The minimum Gasteiger partial charge on any atom is -0.491 e. The summed E-state index contributed by atoms with van der Waals surface area (Å²) in [4.78, 5) is 4.12. The monoisotopic (exact) mass is 274 g/mol. The highest BCUT2D eigenvalue weighted by molar-refractivity contribution is 5.31. The number of benzene rings is 1. The fourth-order valence-corrected chi connectivity index (χ4v) is 2.16. The number of rotatable bonds is 6. The van der Waals surface area contributed by atoms with Crippen molar-refractivity contribution in [1.29, 1.82) is 0 Å². The summed E-state index contributed by atoms with van der Waals surface area (Å²) in [7, 11) is 0. The van der Waals surface area contributed by atoms with E-state index in [0.717, 1.165) is 30.0 Å². The lowest BCUT2D eigenvalue weighted by Gasteiger charge is -2.15. The highest BCUT2D eigenvalue weighted by atomic mass is 16.5. The molecule has 1 unspecified atom stereocenters. The van der Waals surface area contributed by atoms with Crippen LogP contribution in [-0.4, -0.2) is 20.8 Å². The smallest absolute Gasteiger partial charge is 0.121 e. The van der Waals surface area contributed by atoms with Gasteiger partial charge in [-0.15, -0.1) is 0 Å². The van der Waals surface area contributed by atoms with Crippen LogP contribution in [0.4, 0.5) is 0 Å². The largest absolute Gasteiger partial charge is 0.491 e. The van der Waals surface area contributed by atoms with Gasteiger partial charge in [-0.05, 0) is 38.0 Å². The van der Waals surface area contributed by atoms with Gasteiger partial charge in [0.2, 0.25) is 0 Å². The summed E-state index contributed by atoms with van der Waals surface area (Å²) in [5.74, 6) is 0.818. The molecule has 1 aromatic heterocycles. The lowest BCUT2D eigenvalue weighted by atomic mass is 10.1. The van der Waals surface area contributed by atoms with E-state index < -0.39 is 6.10 Å². The summed E-state index contributed by atoms with van der Waals surface area (Å²) in [6, 6.07) is 7.56. The number of imidazole rings is 1. The quantitative estimate of drug-likeness (QED) is 0.880. The Hall–Kier alpha value is -1.81. The zero-order chi connectivity index (χ0) is 14.5. The van der Waals surface area contributed by atoms with Crippen molar-refractivity contribution in [3.8, 4) is 5.75 Å². The maximum Gasteiger partial charge on any atom is 0.121 e. The van der Waals surface area contributed by atoms with E-state index in [-0.39, 0.29) is 6.10 Å². The van der Waals surface area contributed by atoms with Gasteiger partial charge in [0.05, 0.1) is 24.3 Å². The molecule has 1 atom stereocenters. The Morgan fingerprint density at radius 2 is 1.95 bits per heavy atom. The van der Waals surface area contributed by atoms with E-state index >= 15 is 0 Å². The average molecular weight is 274 g/mol. The Labute approximate surface area is 120 Å². The van der Waals surface area contributed by atoms with Crippen LogP contribution in [0.25, 0.3) is 0 Å². The van der Waals surface area contributed by atoms with Gasteiger partial charge in [-0.2, -0.15) is 0 Å². The SMILES string of the molecule is CCCn1cncc1C(O)c1ccc(OC(C)C)cc1. The Morgan fingerprint density at radius 1 is 1.25 bits per heavy atom. The van der Waals surface area contributed by atoms with Gasteiger partial charge in [-0.1, -0.05) is 19.1 Å². The van der Waals surface area contributed by atoms with Crippen LogP contribution in [0.3, 0.4) is 0 Å². The van der Waals surface area contributed by atoms with E-state index in [1.165, 1.54) is 0 Å². The molecule has 0 amide bonds. The summed E-state index contributed by atoms with van der Waals surface area (Å²) in [6.07, 6.45) is 3.99. The molecule has 4 nitrogen and oxygen atoms in total. The number of hydrogen-bond donors (Lipinski definition) is 1. The average Bonchev–Trinajstić information content (AvgIpc) is 2.87. The highest BCUT2D eigenvalue weighted by Gasteiger charge is 2.15. The van der Waals surface area contributed by atoms with Crippen LogP contribution >= 0.6 is 0 Å². The summed E-state index contributed by atoms with van der Waals surface area (Å²) in [5.41, 5.74) is 1.67. The maximum atomic E-state index is 10.5. The molecular formula is C16H22N2O2. The van der Waals surface area contributed by atoms with Crippen molar-refractivity contribution in [2.45, 2.75) is 45.9 Å². The summed E-state index contributed by atoms with van der Waals surface area (Å²) in [6.45, 7) is 6.95. The van der Waals surface area contributed by atoms with Gasteiger partial charge >= 0.3 is 0 Å². The Kier molecular flexibility index (Phi) is 4.79. The molecule has 2 rings (SSSR count). The molecule has 0 radical (unpaired) electrons. The van der Waals surface area contributed by atoms with Crippen LogP contribution in [0.2, 0.25) is 0 Å². The third-order valence-corrected chi connectivity index (χ3v) is 3.06. The number of aliphatic hydroxyl groups excluding tert-OH is 1. The highest BCUT2D eigenvalue weighted by Crippen LogP contribution is 2.24. The second-order valence-corrected chi connectivity index (χ2v) is 5.15. The maximum absolute atomic E-state index is 10.5. The van der Waals surface area contributed by atoms with Gasteiger partial charge in [0.15, 0.2) is 0 Å². The van der Waals surface area contributed by atoms with E-state index in [2.05, 4.69) is 11.9 Å². The van der Waals surface area contributed by atoms with Gasteiger partial charge < -0.3 is 14.4 Å². The van der Waals surface area contributed by atoms with Crippen LogP contribution in [0, 0.1) is 0 Å². The topological polar surface area (TPSA) is 47.3 Å². The lowest BCUT2D eigenvalue weighted by molar-refractivity contribution is 0.209. The molecule has 4 heteroatoms. The number of aryl methyl sites for hydroxylation is 1. The van der Waals surface area contributed by atoms with Crippen molar-refractivity contribution in [2.24, 2.45) is 0 Å². The first-order chi connectivity index (χ1) is 9.61. The van der Waals surface area contributed by atoms with E-state index in [0.29, 0.717) is 0 Å². The van der Waals surface area contributed by atoms with Crippen LogP contribution < -0.4 is 4.74 Å². The molecule has 0 fully saturated rings. The Bertz CT molecular complexity index is 532. The number of nitrogens with zero attached hydrogens (tertiary/aromatic N) is 2. The predicted molar refractivity (Wildman–Crippen MR) is 78.8 cm³/mol. The molecule has 0 saturated heterocycles. The molecule has 1 aromatic carbocycles. The van der Waals surface area contributed by atoms with E-state index in [1.807, 2.05) is 42.7 Å². The van der Waals surface area contributed by atoms with E-state index in [4.69, 9.17) is 4.74 Å². The van der Waals surface area contributed by atoms with Gasteiger partial charge in [0.25, 0.3) is 0 Å². The second-order valence-electron chi connectivity index (χ2n) is 5.15. The van der Waals surface area contributed by atoms with Gasteiger partial charge in [0.1, 0.15) is 11.9 Å². The number of hydrogen-bond acceptors (Lipinski definition) is 3. The first kappa shape index (κ1) is 14.6. The van der Waals surface area contributed by atoms with Crippen LogP contribution in [0.5, 0.6) is 5.75 Å². The van der Waals surface area contributed by atoms with Crippen molar-refractivity contribution >= 4 is 0 Å². The van der Waals surface area contributed by atoms with Crippen molar-refractivity contribution in [3.63, 3.8) is 0 Å². The fourth-order valence-electron chi connectivity index (χ4n) is 2.16. The van der Waals surface area contributed by atoms with Gasteiger partial charge in [0, 0.05) is 6.54 Å². The molecule has 0 bridgehead atoms. The number of aromatic nitrogens is 2. The van der Waals surface area contributed by atoms with Crippen molar-refractivity contribution in [2.75, 3.05) is 0 Å². The molecule has 1 heterocycles. The summed E-state index contributed by atoms with van der Waals surface area (Å²) in [5, 5.41) is 10.5. The first-order valence-electron chi connectivity index (χ1n) is 7.06. The zero-order valence-corrected chi connectivity index (χ0v) is 12.3. The summed E-state index contributed by atoms with van der Waals surface area (Å²) >= 11 is 0. The molecule has 0 aliphatic heterocycles. The van der Waals surface area contributed by atoms with Gasteiger partial charge in [-0.3, -0.25) is 0 Å². The van der Waals surface area contributed by atoms with Crippen molar-refractivity contribution in [3.05, 3.63) is 48.0 Å². The third-order valence-electron chi connectivity index (χ3n) is 3.06. The van der Waals surface area contributed by atoms with Crippen molar-refractivity contribution < 1.29 is 9.84 Å². The van der Waals surface area contributed by atoms with E-state index in [9.17, 15) is 5.11 Å². The standard InChI is InChI=1S/C16H22N2O2/c1-4-9-18-11-17-10-15(18)16(19)13-5-7-14(8-6-13)20-12(2)3/h5-8,10-12,16,19H,4,9H2,1-3H3. The molecule has 20 heavy (non-hydrogen) atoms. The first-order valence-corrected chi connectivity index (χ1v) is 7.06.